The molecule has 0 saturated carbocycles. The van der Waals surface area contributed by atoms with Crippen molar-refractivity contribution in [1.29, 1.82) is 0 Å². The average molecular weight is 334 g/mol. The van der Waals surface area contributed by atoms with Crippen molar-refractivity contribution in [2.24, 2.45) is 0 Å². The number of aliphatic carboxylic acids is 1. The van der Waals surface area contributed by atoms with E-state index in [1.807, 2.05) is 0 Å². The number of rotatable bonds is 4. The van der Waals surface area contributed by atoms with Gasteiger partial charge in [-0.25, -0.2) is 9.78 Å². The predicted octanol–water partition coefficient (Wildman–Crippen LogP) is 2.27. The van der Waals surface area contributed by atoms with E-state index >= 15 is 0 Å². The number of nitrogens with zero attached hydrogens (tertiary/aromatic N) is 2. The maximum absolute atomic E-state index is 12.6. The first-order chi connectivity index (χ1) is 11.0. The lowest BCUT2D eigenvalue weighted by Crippen LogP contribution is -2.27. The molecule has 1 atom stereocenters. The first-order valence-electron chi connectivity index (χ1n) is 6.76. The summed E-state index contributed by atoms with van der Waals surface area (Å²) < 4.78 is 12.9. The fraction of sp³-hybridized carbons (Fsp3) is 0.267. The molecule has 0 spiro atoms. The first kappa shape index (κ1) is 15.3. The van der Waals surface area contributed by atoms with E-state index in [1.165, 1.54) is 38.8 Å². The van der Waals surface area contributed by atoms with Crippen LogP contribution in [0.5, 0.6) is 11.5 Å². The molecule has 1 N–H and O–H groups in total. The van der Waals surface area contributed by atoms with Gasteiger partial charge in [0.25, 0.3) is 5.56 Å². The Hall–Kier alpha value is -2.61. The molecule has 0 radical (unpaired) electrons. The Morgan fingerprint density at radius 2 is 1.96 bits per heavy atom. The molecule has 0 saturated heterocycles. The minimum Gasteiger partial charge on any atom is -0.493 e. The smallest absolute Gasteiger partial charge is 0.326 e. The van der Waals surface area contributed by atoms with Gasteiger partial charge in [0.2, 0.25) is 0 Å². The summed E-state index contributed by atoms with van der Waals surface area (Å²) in [6, 6.07) is 2.57. The zero-order chi connectivity index (χ0) is 16.7. The minimum absolute atomic E-state index is 0.371. The molecule has 0 bridgehead atoms. The lowest BCUT2D eigenvalue weighted by atomic mass is 10.2. The van der Waals surface area contributed by atoms with Crippen LogP contribution in [-0.4, -0.2) is 34.8 Å². The topological polar surface area (TPSA) is 90.7 Å². The quantitative estimate of drug-likeness (QED) is 0.787. The van der Waals surface area contributed by atoms with Crippen molar-refractivity contribution in [1.82, 2.24) is 9.55 Å². The second-order valence-corrected chi connectivity index (χ2v) is 6.01. The van der Waals surface area contributed by atoms with Gasteiger partial charge in [0.15, 0.2) is 11.5 Å². The maximum Gasteiger partial charge on any atom is 0.326 e. The summed E-state index contributed by atoms with van der Waals surface area (Å²) in [7, 11) is 3.07. The van der Waals surface area contributed by atoms with Crippen LogP contribution in [0.25, 0.3) is 20.3 Å². The van der Waals surface area contributed by atoms with Crippen molar-refractivity contribution in [2.45, 2.75) is 13.0 Å². The van der Waals surface area contributed by atoms with Gasteiger partial charge < -0.3 is 14.6 Å². The molecule has 0 aliphatic heterocycles. The number of ether oxygens (including phenoxy) is 2. The van der Waals surface area contributed by atoms with Crippen LogP contribution in [0.4, 0.5) is 0 Å². The Morgan fingerprint density at radius 1 is 1.30 bits per heavy atom. The number of carbonyl (C=O) groups is 1. The van der Waals surface area contributed by atoms with Crippen molar-refractivity contribution < 1.29 is 19.4 Å². The molecular formula is C15H14N2O5S. The highest BCUT2D eigenvalue weighted by Crippen LogP contribution is 2.38. The Kier molecular flexibility index (Phi) is 3.69. The molecule has 120 valence electrons. The fourth-order valence-electron chi connectivity index (χ4n) is 2.37. The van der Waals surface area contributed by atoms with Crippen LogP contribution in [0.2, 0.25) is 0 Å². The number of benzene rings is 1. The van der Waals surface area contributed by atoms with Gasteiger partial charge in [-0.2, -0.15) is 0 Å². The number of hydrogen-bond donors (Lipinski definition) is 1. The molecule has 1 aromatic carbocycles. The third kappa shape index (κ3) is 2.31. The SMILES string of the molecule is COc1cc2sc3c(=O)n(C(C)C(=O)O)cnc3c2cc1OC. The van der Waals surface area contributed by atoms with E-state index in [0.29, 0.717) is 21.7 Å². The second-order valence-electron chi connectivity index (χ2n) is 4.95. The van der Waals surface area contributed by atoms with Crippen LogP contribution in [-0.2, 0) is 4.79 Å². The molecule has 2 aromatic heterocycles. The van der Waals surface area contributed by atoms with Crippen LogP contribution >= 0.6 is 11.3 Å². The second kappa shape index (κ2) is 5.54. The summed E-state index contributed by atoms with van der Waals surface area (Å²) in [6.45, 7) is 1.44. The molecule has 0 aliphatic carbocycles. The van der Waals surface area contributed by atoms with Crippen LogP contribution < -0.4 is 15.0 Å². The largest absolute Gasteiger partial charge is 0.493 e. The molecule has 23 heavy (non-hydrogen) atoms. The highest BCUT2D eigenvalue weighted by molar-refractivity contribution is 7.25. The molecule has 0 amide bonds. The number of fused-ring (bicyclic) bond motifs is 3. The van der Waals surface area contributed by atoms with E-state index in [1.54, 1.807) is 12.1 Å². The Bertz CT molecular complexity index is 975. The lowest BCUT2D eigenvalue weighted by molar-refractivity contribution is -0.140. The van der Waals surface area contributed by atoms with E-state index in [9.17, 15) is 9.59 Å². The summed E-state index contributed by atoms with van der Waals surface area (Å²) >= 11 is 1.26. The molecule has 8 heteroatoms. The summed E-state index contributed by atoms with van der Waals surface area (Å²) in [5.74, 6) is 0.0214. The lowest BCUT2D eigenvalue weighted by Gasteiger charge is -2.09. The molecule has 0 fully saturated rings. The number of thiophene rings is 1. The molecule has 2 heterocycles. The summed E-state index contributed by atoms with van der Waals surface area (Å²) in [5, 5.41) is 9.86. The summed E-state index contributed by atoms with van der Waals surface area (Å²) in [5.41, 5.74) is 0.161. The minimum atomic E-state index is -1.09. The van der Waals surface area contributed by atoms with Crippen molar-refractivity contribution in [2.75, 3.05) is 14.2 Å². The van der Waals surface area contributed by atoms with E-state index in [2.05, 4.69) is 4.98 Å². The summed E-state index contributed by atoms with van der Waals surface area (Å²) in [6.07, 6.45) is 1.27. The number of methoxy groups -OCH3 is 2. The number of aromatic nitrogens is 2. The van der Waals surface area contributed by atoms with Gasteiger partial charge >= 0.3 is 5.97 Å². The normalized spacial score (nSPS) is 12.5. The molecule has 3 aromatic rings. The standard InChI is InChI=1S/C15H14N2O5S/c1-7(15(19)20)17-6-16-12-8-4-9(21-2)10(22-3)5-11(8)23-13(12)14(17)18/h4-7H,1-3H3,(H,19,20). The van der Waals surface area contributed by atoms with Crippen LogP contribution in [0.1, 0.15) is 13.0 Å². The molecule has 7 nitrogen and oxygen atoms in total. The highest BCUT2D eigenvalue weighted by atomic mass is 32.1. The van der Waals surface area contributed by atoms with Crippen LogP contribution in [0.3, 0.4) is 0 Å². The fourth-order valence-corrected chi connectivity index (χ4v) is 3.47. The Balaban J connectivity index is 2.33. The number of carboxylic acid groups (broad SMARTS) is 1. The monoisotopic (exact) mass is 334 g/mol. The van der Waals surface area contributed by atoms with Gasteiger partial charge in [0.1, 0.15) is 10.7 Å². The first-order valence-corrected chi connectivity index (χ1v) is 7.57. The van der Waals surface area contributed by atoms with Crippen LogP contribution in [0, 0.1) is 0 Å². The van der Waals surface area contributed by atoms with Gasteiger partial charge in [-0.3, -0.25) is 9.36 Å². The molecule has 0 aliphatic rings. The van der Waals surface area contributed by atoms with Gasteiger partial charge in [-0.15, -0.1) is 11.3 Å². The number of hydrogen-bond acceptors (Lipinski definition) is 6. The zero-order valence-electron chi connectivity index (χ0n) is 12.7. The molecule has 3 rings (SSSR count). The summed E-state index contributed by atoms with van der Waals surface area (Å²) in [4.78, 5) is 27.9. The van der Waals surface area contributed by atoms with E-state index in [4.69, 9.17) is 14.6 Å². The van der Waals surface area contributed by atoms with Crippen molar-refractivity contribution in [3.05, 3.63) is 28.8 Å². The number of carboxylic acids is 1. The Morgan fingerprint density at radius 3 is 2.57 bits per heavy atom. The molecular weight excluding hydrogens is 320 g/mol. The van der Waals surface area contributed by atoms with Gasteiger partial charge in [0, 0.05) is 16.2 Å². The van der Waals surface area contributed by atoms with Crippen molar-refractivity contribution in [3.8, 4) is 11.5 Å². The third-order valence-corrected chi connectivity index (χ3v) is 4.81. The van der Waals surface area contributed by atoms with E-state index in [0.717, 1.165) is 14.7 Å². The van der Waals surface area contributed by atoms with Gasteiger partial charge in [-0.05, 0) is 13.0 Å². The predicted molar refractivity (Wildman–Crippen MR) is 86.8 cm³/mol. The maximum atomic E-state index is 12.6. The van der Waals surface area contributed by atoms with Crippen molar-refractivity contribution >= 4 is 37.6 Å². The average Bonchev–Trinajstić information content (AvgIpc) is 2.91. The van der Waals surface area contributed by atoms with Crippen LogP contribution in [0.15, 0.2) is 23.3 Å². The van der Waals surface area contributed by atoms with E-state index in [-0.39, 0.29) is 5.56 Å². The highest BCUT2D eigenvalue weighted by Gasteiger charge is 2.19. The van der Waals surface area contributed by atoms with Gasteiger partial charge in [-0.1, -0.05) is 0 Å². The Labute approximate surface area is 134 Å². The van der Waals surface area contributed by atoms with E-state index < -0.39 is 12.0 Å². The molecule has 1 unspecified atom stereocenters. The third-order valence-electron chi connectivity index (χ3n) is 3.68. The van der Waals surface area contributed by atoms with Crippen molar-refractivity contribution in [3.63, 3.8) is 0 Å². The van der Waals surface area contributed by atoms with Gasteiger partial charge in [0.05, 0.1) is 26.1 Å². The zero-order valence-corrected chi connectivity index (χ0v) is 13.5.